The van der Waals surface area contributed by atoms with Gasteiger partial charge in [-0.3, -0.25) is 62.8 Å². The lowest BCUT2D eigenvalue weighted by Gasteiger charge is -2.26. The van der Waals surface area contributed by atoms with E-state index < -0.39 is 47.8 Å². The van der Waals surface area contributed by atoms with Crippen molar-refractivity contribution in [3.63, 3.8) is 0 Å². The van der Waals surface area contributed by atoms with E-state index in [-0.39, 0.29) is 67.0 Å². The van der Waals surface area contributed by atoms with Crippen LogP contribution in [0.15, 0.2) is 273 Å². The van der Waals surface area contributed by atoms with E-state index in [1.54, 1.807) is 131 Å². The average Bonchev–Trinajstić information content (AvgIpc) is 1.58. The van der Waals surface area contributed by atoms with Gasteiger partial charge in [-0.25, -0.2) is 0 Å². The molecular formula is C111H95Br4N5O25. The number of hydrogen-bond acceptors (Lipinski definition) is 25. The fraction of sp³-hybridized carbons (Fsp3) is 0.198. The molecule has 0 fully saturated rings. The first-order valence-corrected chi connectivity index (χ1v) is 47.9. The highest BCUT2D eigenvalue weighted by Crippen LogP contribution is 2.53. The highest BCUT2D eigenvalue weighted by molar-refractivity contribution is 9.11. The monoisotopic (exact) mass is 2210 g/mol. The number of rotatable bonds is 21. The number of aryl methyl sites for hydroxylation is 4. The van der Waals surface area contributed by atoms with Crippen LogP contribution in [0.25, 0.3) is 43.9 Å². The quantitative estimate of drug-likeness (QED) is 0.0603. The summed E-state index contributed by atoms with van der Waals surface area (Å²) >= 11 is 13.8. The molecule has 4 aliphatic rings. The zero-order valence-electron chi connectivity index (χ0n) is 81.6. The molecule has 145 heavy (non-hydrogen) atoms. The summed E-state index contributed by atoms with van der Waals surface area (Å²) in [5, 5.41) is 1.69. The average molecular weight is 2220 g/mol. The van der Waals surface area contributed by atoms with E-state index in [2.05, 4.69) is 63.7 Å². The molecule has 16 aromatic rings. The van der Waals surface area contributed by atoms with Gasteiger partial charge in [0.2, 0.25) is 52.4 Å². The van der Waals surface area contributed by atoms with Gasteiger partial charge in [0.25, 0.3) is 23.6 Å². The minimum atomic E-state index is -0.770. The van der Waals surface area contributed by atoms with Crippen LogP contribution in [0, 0.1) is 27.7 Å². The van der Waals surface area contributed by atoms with Crippen LogP contribution in [0.3, 0.4) is 0 Å². The summed E-state index contributed by atoms with van der Waals surface area (Å²) in [5.74, 6) is 3.47. The van der Waals surface area contributed by atoms with Crippen molar-refractivity contribution in [1.82, 2.24) is 4.90 Å². The molecule has 5 amide bonds. The number of nitrogens with zero attached hydrogens (tertiary/aromatic N) is 5. The third kappa shape index (κ3) is 19.2. The van der Waals surface area contributed by atoms with Gasteiger partial charge in [-0.15, -0.1) is 0 Å². The van der Waals surface area contributed by atoms with Crippen molar-refractivity contribution in [3.05, 3.63) is 367 Å². The lowest BCUT2D eigenvalue weighted by molar-refractivity contribution is -0.115. The third-order valence-corrected chi connectivity index (χ3v) is 26.9. The normalized spacial score (nSPS) is 14.6. The van der Waals surface area contributed by atoms with E-state index in [0.29, 0.717) is 158 Å². The van der Waals surface area contributed by atoms with Crippen LogP contribution in [0.2, 0.25) is 0 Å². The zero-order valence-corrected chi connectivity index (χ0v) is 88.0. The van der Waals surface area contributed by atoms with Crippen LogP contribution in [0.4, 0.5) is 22.7 Å². The maximum Gasteiger partial charge on any atom is 0.295 e. The summed E-state index contributed by atoms with van der Waals surface area (Å²) in [4.78, 5) is 127. The van der Waals surface area contributed by atoms with Crippen molar-refractivity contribution < 1.29 is 98.5 Å². The van der Waals surface area contributed by atoms with Crippen LogP contribution >= 0.6 is 63.7 Å². The number of methoxy groups -OCH3 is 12. The number of halogens is 4. The first kappa shape index (κ1) is 102. The molecule has 4 unspecified atom stereocenters. The zero-order chi connectivity index (χ0) is 104. The number of hydrogen-bond donors (Lipinski definition) is 0. The minimum Gasteiger partial charge on any atom is -0.493 e. The summed E-state index contributed by atoms with van der Waals surface area (Å²) < 4.78 is 93.9. The SMILES string of the molecule is CN(C)C=O.COc1cc(C2c3c(oc4ccc(C)cc4c3=O)C(=O)N2c2ccc(Br)cc2)cc(OC)c1OC.COc1cc(C2c3c(oc4ccc(C)cc4c3=O)C(=O)N2c2ccc(Br)cc2)cc(OC)c1OC.COc1cc(C2c3c(oc4ccc(C)cc4c3=O)C(=O)N2c2ccc(Br)cc2)cc(OC)c1OC.COc1cc(C2c3c(oc4ccc(C)cc4c3=O)C(=O)N2c2ccc(Br)cc2)cc(OC)c1OC. The van der Waals surface area contributed by atoms with Crippen LogP contribution in [0.5, 0.6) is 69.0 Å². The predicted octanol–water partition coefficient (Wildman–Crippen LogP) is 22.3. The molecule has 0 spiro atoms. The van der Waals surface area contributed by atoms with E-state index in [1.807, 2.05) is 149 Å². The summed E-state index contributed by atoms with van der Waals surface area (Å²) in [6.45, 7) is 7.62. The van der Waals surface area contributed by atoms with Gasteiger partial charge >= 0.3 is 0 Å². The summed E-state index contributed by atoms with van der Waals surface area (Å²) in [5.41, 5.74) is 10.2. The topological polar surface area (TPSA) is 333 Å². The Morgan fingerprint density at radius 2 is 0.421 bits per heavy atom. The lowest BCUT2D eigenvalue weighted by atomic mass is 9.97. The molecule has 0 N–H and O–H groups in total. The van der Waals surface area contributed by atoms with Gasteiger partial charge in [-0.2, -0.15) is 0 Å². The minimum absolute atomic E-state index is 0.0213. The van der Waals surface area contributed by atoms with Gasteiger partial charge in [-0.05, 0) is 244 Å². The van der Waals surface area contributed by atoms with Crippen molar-refractivity contribution in [1.29, 1.82) is 0 Å². The number of anilines is 4. The number of benzene rings is 12. The van der Waals surface area contributed by atoms with Gasteiger partial charge in [-0.1, -0.05) is 110 Å². The maximum atomic E-state index is 13.8. The summed E-state index contributed by atoms with van der Waals surface area (Å²) in [6.07, 6.45) is 0.750. The second kappa shape index (κ2) is 42.9. The number of carbonyl (C=O) groups excluding carboxylic acids is 5. The highest BCUT2D eigenvalue weighted by atomic mass is 79.9. The Morgan fingerprint density at radius 3 is 0.566 bits per heavy atom. The van der Waals surface area contributed by atoms with E-state index in [0.717, 1.165) is 46.6 Å². The highest BCUT2D eigenvalue weighted by Gasteiger charge is 2.50. The number of fused-ring (bicyclic) bond motifs is 8. The second-order valence-corrected chi connectivity index (χ2v) is 37.5. The summed E-state index contributed by atoms with van der Waals surface area (Å²) in [7, 11) is 21.6. The fourth-order valence-electron chi connectivity index (χ4n) is 18.1. The molecule has 8 heterocycles. The predicted molar refractivity (Wildman–Crippen MR) is 564 cm³/mol. The van der Waals surface area contributed by atoms with Crippen molar-refractivity contribution in [2.45, 2.75) is 51.9 Å². The molecule has 4 aromatic heterocycles. The van der Waals surface area contributed by atoms with Crippen LogP contribution in [-0.2, 0) is 4.79 Å². The number of carbonyl (C=O) groups is 5. The Balaban J connectivity index is 0.000000136. The molecule has 34 heteroatoms. The largest absolute Gasteiger partial charge is 0.493 e. The Bertz CT molecular complexity index is 7060. The maximum absolute atomic E-state index is 13.8. The molecule has 20 rings (SSSR count). The van der Waals surface area contributed by atoms with Gasteiger partial charge in [0, 0.05) is 54.7 Å². The molecule has 0 saturated carbocycles. The smallest absolute Gasteiger partial charge is 0.295 e. The molecular weight excluding hydrogens is 2120 g/mol. The van der Waals surface area contributed by atoms with Gasteiger partial charge < -0.3 is 79.4 Å². The molecule has 0 bridgehead atoms. The Labute approximate surface area is 864 Å². The molecule has 4 atom stereocenters. The van der Waals surface area contributed by atoms with Gasteiger partial charge in [0.15, 0.2) is 67.7 Å². The van der Waals surface area contributed by atoms with E-state index in [4.69, 9.17) is 74.5 Å². The van der Waals surface area contributed by atoms with Gasteiger partial charge in [0.1, 0.15) is 22.3 Å². The molecule has 0 radical (unpaired) electrons. The number of ether oxygens (including phenoxy) is 12. The van der Waals surface area contributed by atoms with E-state index in [9.17, 15) is 43.2 Å². The van der Waals surface area contributed by atoms with Crippen LogP contribution in [-0.4, -0.2) is 134 Å². The fourth-order valence-corrected chi connectivity index (χ4v) is 19.2. The molecule has 0 saturated heterocycles. The van der Waals surface area contributed by atoms with Crippen molar-refractivity contribution in [2.75, 3.05) is 119 Å². The first-order chi connectivity index (χ1) is 69.8. The van der Waals surface area contributed by atoms with Crippen molar-refractivity contribution in [3.8, 4) is 69.0 Å². The lowest BCUT2D eigenvalue weighted by Crippen LogP contribution is -2.29. The number of amides is 5. The van der Waals surface area contributed by atoms with Crippen molar-refractivity contribution in [2.24, 2.45) is 0 Å². The van der Waals surface area contributed by atoms with Gasteiger partial charge in [0.05, 0.1) is 153 Å². The van der Waals surface area contributed by atoms with E-state index in [1.165, 1.54) is 90.2 Å². The summed E-state index contributed by atoms with van der Waals surface area (Å²) in [6, 6.07) is 61.5. The Hall–Kier alpha value is -15.7. The Morgan fingerprint density at radius 1 is 0.255 bits per heavy atom. The Kier molecular flexibility index (Phi) is 30.2. The molecule has 742 valence electrons. The van der Waals surface area contributed by atoms with Crippen LogP contribution in [0.1, 0.15) is 133 Å². The van der Waals surface area contributed by atoms with Crippen LogP contribution < -0.4 is 98.2 Å². The molecule has 30 nitrogen and oxygen atoms in total. The van der Waals surface area contributed by atoms with Crippen molar-refractivity contribution >= 4 is 160 Å². The second-order valence-electron chi connectivity index (χ2n) is 33.8. The standard InChI is InChI=1S/4C27H22BrNO6.C3H7NO/c4*1-14-5-10-19-18(11-14)24(30)22-23(15-12-20(32-2)25(34-4)21(13-15)33-3)29(27(31)26(22)35-19)17-8-6-16(28)7-9-17;1-4(2)3-5/h4*5-13,23H,1-4H3;3H,1-2H3. The molecule has 4 aliphatic heterocycles. The third-order valence-electron chi connectivity index (χ3n) is 24.7. The molecule has 12 aromatic carbocycles. The molecule has 0 aliphatic carbocycles. The van der Waals surface area contributed by atoms with E-state index >= 15 is 0 Å². The first-order valence-electron chi connectivity index (χ1n) is 44.7.